The van der Waals surface area contributed by atoms with Crippen LogP contribution >= 0.6 is 39.3 Å². The monoisotopic (exact) mass is 557 g/mol. The van der Waals surface area contributed by atoms with Crippen LogP contribution < -0.4 is 10.6 Å². The largest absolute Gasteiger partial charge is 0.394 e. The minimum atomic E-state index is -0.831. The lowest BCUT2D eigenvalue weighted by Crippen LogP contribution is -2.56. The van der Waals surface area contributed by atoms with Crippen LogP contribution in [0.4, 0.5) is 5.69 Å². The molecule has 8 atom stereocenters. The highest BCUT2D eigenvalue weighted by molar-refractivity contribution is 9.09. The fourth-order valence-corrected chi connectivity index (χ4v) is 9.55. The number of amides is 3. The van der Waals surface area contributed by atoms with Gasteiger partial charge in [0.15, 0.2) is 0 Å². The summed E-state index contributed by atoms with van der Waals surface area (Å²) in [6, 6.07) is 5.61. The predicted octanol–water partition coefficient (Wildman–Crippen LogP) is 2.90. The molecule has 1 aromatic rings. The zero-order chi connectivity index (χ0) is 24.1. The van der Waals surface area contributed by atoms with E-state index in [1.165, 1.54) is 0 Å². The zero-order valence-electron chi connectivity index (χ0n) is 18.8. The number of nitrogens with one attached hydrogen (secondary N) is 2. The summed E-state index contributed by atoms with van der Waals surface area (Å²) in [5.41, 5.74) is 0.469. The third-order valence-corrected chi connectivity index (χ3v) is 11.1. The minimum Gasteiger partial charge on any atom is -0.394 e. The van der Waals surface area contributed by atoms with Crippen molar-refractivity contribution in [3.05, 3.63) is 29.3 Å². The summed E-state index contributed by atoms with van der Waals surface area (Å²) >= 11 is 11.6. The molecule has 180 valence electrons. The number of hydrogen-bond acceptors (Lipinski definition) is 5. The lowest BCUT2D eigenvalue weighted by molar-refractivity contribution is -0.143. The second-order valence-corrected chi connectivity index (χ2v) is 12.3. The number of thioether (sulfide) groups is 1. The van der Waals surface area contributed by atoms with Crippen LogP contribution in [0.1, 0.15) is 26.7 Å². The van der Waals surface area contributed by atoms with Crippen molar-refractivity contribution in [1.29, 1.82) is 0 Å². The molecule has 3 N–H and O–H groups in total. The van der Waals surface area contributed by atoms with Gasteiger partial charge in [-0.05, 0) is 24.5 Å². The van der Waals surface area contributed by atoms with E-state index in [1.807, 2.05) is 13.8 Å². The van der Waals surface area contributed by atoms with Crippen molar-refractivity contribution < 1.29 is 19.5 Å². The van der Waals surface area contributed by atoms with Gasteiger partial charge in [-0.25, -0.2) is 0 Å². The molecule has 0 aromatic heterocycles. The van der Waals surface area contributed by atoms with Gasteiger partial charge >= 0.3 is 0 Å². The van der Waals surface area contributed by atoms with E-state index in [9.17, 15) is 19.5 Å². The molecule has 2 bridgehead atoms. The van der Waals surface area contributed by atoms with Crippen LogP contribution in [0.15, 0.2) is 24.3 Å². The average molecular weight is 559 g/mol. The van der Waals surface area contributed by atoms with E-state index in [0.717, 1.165) is 6.42 Å². The highest BCUT2D eigenvalue weighted by Crippen LogP contribution is 2.68. The van der Waals surface area contributed by atoms with Gasteiger partial charge in [-0.1, -0.05) is 59.9 Å². The second kappa shape index (κ2) is 9.40. The number of hydrogen-bond donors (Lipinski definition) is 3. The molecule has 3 aliphatic rings. The number of carbonyl (C=O) groups excluding carboxylic acids is 3. The van der Waals surface area contributed by atoms with E-state index < -0.39 is 28.7 Å². The first-order chi connectivity index (χ1) is 15.7. The molecular formula is C23H29BrClN3O4S. The lowest BCUT2D eigenvalue weighted by atomic mass is 9.70. The maximum atomic E-state index is 14.0. The Morgan fingerprint density at radius 2 is 2.06 bits per heavy atom. The molecule has 3 amide bonds. The normalized spacial score (nSPS) is 34.2. The third-order valence-electron chi connectivity index (χ3n) is 7.50. The molecule has 1 spiro atoms. The van der Waals surface area contributed by atoms with Crippen LogP contribution in [-0.2, 0) is 14.4 Å². The smallest absolute Gasteiger partial charge is 0.248 e. The van der Waals surface area contributed by atoms with E-state index in [0.29, 0.717) is 17.1 Å². The first-order valence-corrected chi connectivity index (χ1v) is 13.4. The summed E-state index contributed by atoms with van der Waals surface area (Å²) in [5, 5.41) is 16.2. The van der Waals surface area contributed by atoms with Crippen LogP contribution in [0.5, 0.6) is 0 Å². The number of anilines is 1. The Balaban J connectivity index is 1.81. The molecular weight excluding hydrogens is 530 g/mol. The molecule has 3 heterocycles. The van der Waals surface area contributed by atoms with Crippen molar-refractivity contribution >= 4 is 62.7 Å². The highest BCUT2D eigenvalue weighted by Gasteiger charge is 2.76. The van der Waals surface area contributed by atoms with Crippen LogP contribution in [0.3, 0.4) is 0 Å². The topological polar surface area (TPSA) is 98.7 Å². The van der Waals surface area contributed by atoms with Crippen LogP contribution in [0.2, 0.25) is 5.02 Å². The molecule has 3 unspecified atom stereocenters. The van der Waals surface area contributed by atoms with E-state index in [-0.39, 0.29) is 40.3 Å². The van der Waals surface area contributed by atoms with Crippen LogP contribution in [-0.4, -0.2) is 68.3 Å². The van der Waals surface area contributed by atoms with Crippen LogP contribution in [0.25, 0.3) is 0 Å². The molecule has 33 heavy (non-hydrogen) atoms. The minimum absolute atomic E-state index is 0.000545. The van der Waals surface area contributed by atoms with Gasteiger partial charge in [-0.3, -0.25) is 14.4 Å². The predicted molar refractivity (Wildman–Crippen MR) is 134 cm³/mol. The van der Waals surface area contributed by atoms with Gasteiger partial charge in [0.1, 0.15) is 6.04 Å². The Kier molecular flexibility index (Phi) is 7.07. The van der Waals surface area contributed by atoms with Crippen molar-refractivity contribution in [2.45, 2.75) is 53.6 Å². The molecule has 0 aliphatic carbocycles. The molecule has 4 rings (SSSR count). The van der Waals surface area contributed by atoms with Crippen LogP contribution in [0, 0.1) is 17.8 Å². The number of benzene rings is 1. The number of alkyl halides is 1. The van der Waals surface area contributed by atoms with Gasteiger partial charge in [0.2, 0.25) is 17.7 Å². The molecule has 1 aromatic carbocycles. The van der Waals surface area contributed by atoms with Crippen molar-refractivity contribution in [1.82, 2.24) is 10.2 Å². The van der Waals surface area contributed by atoms with E-state index in [1.54, 1.807) is 48.0 Å². The van der Waals surface area contributed by atoms with Gasteiger partial charge < -0.3 is 20.6 Å². The SMILES string of the molecule is CC[C@H](C)[C@H](CO)N1C(=O)[C@@H]2[C@@H](C(=O)NC)[C@@H]3SC2(CC3Br)C1C(=O)Nc1ccccc1Cl. The highest BCUT2D eigenvalue weighted by atomic mass is 79.9. The number of halogens is 2. The van der Waals surface area contributed by atoms with Crippen molar-refractivity contribution in [3.8, 4) is 0 Å². The van der Waals surface area contributed by atoms with Gasteiger partial charge in [0, 0.05) is 17.1 Å². The fraction of sp³-hybridized carbons (Fsp3) is 0.609. The molecule has 0 saturated carbocycles. The summed E-state index contributed by atoms with van der Waals surface area (Å²) < 4.78 is -0.765. The number of rotatable bonds is 7. The van der Waals surface area contributed by atoms with E-state index in [4.69, 9.17) is 11.6 Å². The first kappa shape index (κ1) is 24.8. The number of aliphatic hydroxyl groups excluding tert-OH is 1. The number of aliphatic hydroxyl groups is 1. The zero-order valence-corrected chi connectivity index (χ0v) is 21.9. The summed E-state index contributed by atoms with van der Waals surface area (Å²) in [6.45, 7) is 3.71. The van der Waals surface area contributed by atoms with E-state index in [2.05, 4.69) is 26.6 Å². The average Bonchev–Trinajstić information content (AvgIpc) is 3.39. The van der Waals surface area contributed by atoms with Gasteiger partial charge in [0.05, 0.1) is 39.9 Å². The van der Waals surface area contributed by atoms with Gasteiger partial charge in [-0.15, -0.1) is 11.8 Å². The number of fused-ring (bicyclic) bond motifs is 1. The summed E-state index contributed by atoms with van der Waals surface area (Å²) in [7, 11) is 1.57. The second-order valence-electron chi connectivity index (χ2n) is 9.13. The molecule has 10 heteroatoms. The maximum absolute atomic E-state index is 14.0. The molecule has 3 fully saturated rings. The van der Waals surface area contributed by atoms with Crippen molar-refractivity contribution in [2.24, 2.45) is 17.8 Å². The number of likely N-dealkylation sites (tertiary alicyclic amines) is 1. The Bertz CT molecular complexity index is 967. The summed E-state index contributed by atoms with van der Waals surface area (Å²) in [6.07, 6.45) is 1.32. The van der Waals surface area contributed by atoms with Crippen molar-refractivity contribution in [3.63, 3.8) is 0 Å². The Morgan fingerprint density at radius 1 is 1.36 bits per heavy atom. The third kappa shape index (κ3) is 3.79. The summed E-state index contributed by atoms with van der Waals surface area (Å²) in [4.78, 5) is 42.3. The fourth-order valence-electron chi connectivity index (χ4n) is 5.77. The standard InChI is InChI=1S/C23H29BrClN3O4S/c1-4-11(2)15(10-29)28-19(21(31)27-14-8-6-5-7-13(14)25)23-9-12(24)18(33-23)16(20(30)26-3)17(23)22(28)32/h5-8,11-12,15-19,29H,4,9-10H2,1-3H3,(H,26,30)(H,27,31)/t11-,12?,15-,16+,17-,18+,19?,23?/m0/s1. The van der Waals surface area contributed by atoms with Gasteiger partial charge in [0.25, 0.3) is 0 Å². The molecule has 3 saturated heterocycles. The first-order valence-electron chi connectivity index (χ1n) is 11.2. The number of para-hydroxylation sites is 1. The number of nitrogens with zero attached hydrogens (tertiary/aromatic N) is 1. The maximum Gasteiger partial charge on any atom is 0.248 e. The Hall–Kier alpha value is -1.29. The molecule has 0 radical (unpaired) electrons. The Morgan fingerprint density at radius 3 is 2.67 bits per heavy atom. The van der Waals surface area contributed by atoms with Crippen molar-refractivity contribution in [2.75, 3.05) is 19.0 Å². The Labute approximate surface area is 211 Å². The quantitative estimate of drug-likeness (QED) is 0.447. The number of carbonyl (C=O) groups is 3. The molecule has 3 aliphatic heterocycles. The lowest BCUT2D eigenvalue weighted by Gasteiger charge is -2.39. The van der Waals surface area contributed by atoms with Gasteiger partial charge in [-0.2, -0.15) is 0 Å². The van der Waals surface area contributed by atoms with E-state index >= 15 is 0 Å². The molecule has 7 nitrogen and oxygen atoms in total. The summed E-state index contributed by atoms with van der Waals surface area (Å²) in [5.74, 6) is -1.94.